The molecule has 0 radical (unpaired) electrons. The molecule has 0 spiro atoms. The summed E-state index contributed by atoms with van der Waals surface area (Å²) >= 11 is 5.95. The zero-order chi connectivity index (χ0) is 22.3. The highest BCUT2D eigenvalue weighted by Gasteiger charge is 2.31. The van der Waals surface area contributed by atoms with Gasteiger partial charge in [0.2, 0.25) is 0 Å². The van der Waals surface area contributed by atoms with Gasteiger partial charge in [-0.05, 0) is 42.0 Å². The summed E-state index contributed by atoms with van der Waals surface area (Å²) in [4.78, 5) is 4.68. The minimum atomic E-state index is -4.45. The summed E-state index contributed by atoms with van der Waals surface area (Å²) in [5.74, 6) is 0.582. The molecule has 32 heavy (non-hydrogen) atoms. The Bertz CT molecular complexity index is 1430. The fraction of sp³-hybridized carbons (Fsp3) is 0.0870. The molecule has 160 valence electrons. The van der Waals surface area contributed by atoms with Crippen LogP contribution in [-0.4, -0.2) is 19.8 Å². The summed E-state index contributed by atoms with van der Waals surface area (Å²) in [6, 6.07) is 19.9. The maximum absolute atomic E-state index is 13.2. The number of fused-ring (bicyclic) bond motifs is 3. The van der Waals surface area contributed by atoms with Gasteiger partial charge in [0.1, 0.15) is 11.5 Å². The van der Waals surface area contributed by atoms with Crippen molar-refractivity contribution >= 4 is 34.0 Å². The van der Waals surface area contributed by atoms with E-state index in [0.29, 0.717) is 28.6 Å². The van der Waals surface area contributed by atoms with E-state index in [1.54, 1.807) is 22.7 Å². The van der Waals surface area contributed by atoms with Crippen LogP contribution in [0.25, 0.3) is 27.8 Å². The second-order valence-electron chi connectivity index (χ2n) is 7.21. The number of benzene rings is 3. The van der Waals surface area contributed by atoms with Gasteiger partial charge < -0.3 is 5.32 Å². The van der Waals surface area contributed by atoms with Crippen LogP contribution in [-0.2, 0) is 12.7 Å². The van der Waals surface area contributed by atoms with Crippen molar-refractivity contribution in [1.29, 1.82) is 0 Å². The molecule has 0 aliphatic heterocycles. The van der Waals surface area contributed by atoms with E-state index in [0.717, 1.165) is 28.6 Å². The van der Waals surface area contributed by atoms with Crippen LogP contribution in [0.2, 0.25) is 5.02 Å². The lowest BCUT2D eigenvalue weighted by atomic mass is 10.1. The third-order valence-electron chi connectivity index (χ3n) is 5.09. The average molecular weight is 454 g/mol. The van der Waals surface area contributed by atoms with Crippen LogP contribution in [0.1, 0.15) is 11.1 Å². The molecule has 0 saturated heterocycles. The van der Waals surface area contributed by atoms with Crippen molar-refractivity contribution in [3.05, 3.63) is 88.9 Å². The summed E-state index contributed by atoms with van der Waals surface area (Å²) < 4.78 is 41.2. The Hall–Kier alpha value is -3.65. The lowest BCUT2D eigenvalue weighted by Gasteiger charge is -2.11. The molecule has 2 aromatic heterocycles. The summed E-state index contributed by atoms with van der Waals surface area (Å²) in [7, 11) is 0. The SMILES string of the molecule is FC(F)(F)c1cccc(-c2nnn3c2nc(NCc2ccc(Cl)cc2)c2ccccc23)c1. The number of para-hydroxylation sites is 1. The molecule has 0 amide bonds. The van der Waals surface area contributed by atoms with E-state index in [2.05, 4.69) is 20.6 Å². The van der Waals surface area contributed by atoms with Crippen molar-refractivity contribution in [3.63, 3.8) is 0 Å². The van der Waals surface area contributed by atoms with E-state index in [9.17, 15) is 13.2 Å². The van der Waals surface area contributed by atoms with Crippen molar-refractivity contribution in [3.8, 4) is 11.3 Å². The van der Waals surface area contributed by atoms with Gasteiger partial charge in [-0.25, -0.2) is 4.98 Å². The number of rotatable bonds is 4. The lowest BCUT2D eigenvalue weighted by molar-refractivity contribution is -0.137. The fourth-order valence-electron chi connectivity index (χ4n) is 3.52. The second-order valence-corrected chi connectivity index (χ2v) is 7.65. The van der Waals surface area contributed by atoms with Gasteiger partial charge in [-0.3, -0.25) is 0 Å². The van der Waals surface area contributed by atoms with Crippen molar-refractivity contribution in [2.24, 2.45) is 0 Å². The van der Waals surface area contributed by atoms with E-state index in [4.69, 9.17) is 11.6 Å². The predicted molar refractivity (Wildman–Crippen MR) is 118 cm³/mol. The molecule has 0 aliphatic carbocycles. The van der Waals surface area contributed by atoms with Crippen LogP contribution in [0.5, 0.6) is 0 Å². The van der Waals surface area contributed by atoms with Crippen LogP contribution in [0.4, 0.5) is 19.0 Å². The lowest BCUT2D eigenvalue weighted by Crippen LogP contribution is -2.05. The largest absolute Gasteiger partial charge is 0.416 e. The Balaban J connectivity index is 1.62. The highest BCUT2D eigenvalue weighted by Crippen LogP contribution is 2.33. The number of hydrogen-bond acceptors (Lipinski definition) is 4. The number of alkyl halides is 3. The van der Waals surface area contributed by atoms with Crippen molar-refractivity contribution in [2.75, 3.05) is 5.32 Å². The number of nitrogens with zero attached hydrogens (tertiary/aromatic N) is 4. The molecule has 9 heteroatoms. The average Bonchev–Trinajstić information content (AvgIpc) is 3.22. The summed E-state index contributed by atoms with van der Waals surface area (Å²) in [6.45, 7) is 0.491. The van der Waals surface area contributed by atoms with Crippen molar-refractivity contribution in [2.45, 2.75) is 12.7 Å². The maximum Gasteiger partial charge on any atom is 0.416 e. The molecule has 2 heterocycles. The monoisotopic (exact) mass is 453 g/mol. The summed E-state index contributed by atoms with van der Waals surface area (Å²) in [5, 5.41) is 13.1. The highest BCUT2D eigenvalue weighted by atomic mass is 35.5. The first-order valence-electron chi connectivity index (χ1n) is 9.70. The van der Waals surface area contributed by atoms with Crippen LogP contribution in [0.15, 0.2) is 72.8 Å². The van der Waals surface area contributed by atoms with Gasteiger partial charge >= 0.3 is 6.18 Å². The van der Waals surface area contributed by atoms with Gasteiger partial charge in [-0.2, -0.15) is 17.7 Å². The molecule has 5 aromatic rings. The van der Waals surface area contributed by atoms with E-state index < -0.39 is 11.7 Å². The van der Waals surface area contributed by atoms with Gasteiger partial charge in [0, 0.05) is 22.5 Å². The summed E-state index contributed by atoms with van der Waals surface area (Å²) in [6.07, 6.45) is -4.45. The summed E-state index contributed by atoms with van der Waals surface area (Å²) in [5.41, 5.74) is 1.92. The van der Waals surface area contributed by atoms with E-state index in [-0.39, 0.29) is 5.69 Å². The van der Waals surface area contributed by atoms with Crippen LogP contribution < -0.4 is 5.32 Å². The van der Waals surface area contributed by atoms with Crippen LogP contribution >= 0.6 is 11.6 Å². The minimum Gasteiger partial charge on any atom is -0.365 e. The van der Waals surface area contributed by atoms with Gasteiger partial charge in [0.25, 0.3) is 0 Å². The Labute approximate surface area is 185 Å². The number of halogens is 4. The fourth-order valence-corrected chi connectivity index (χ4v) is 3.64. The van der Waals surface area contributed by atoms with E-state index >= 15 is 0 Å². The third-order valence-corrected chi connectivity index (χ3v) is 5.34. The first-order valence-corrected chi connectivity index (χ1v) is 10.1. The normalized spacial score (nSPS) is 11.9. The molecular formula is C23H15ClF3N5. The van der Waals surface area contributed by atoms with Crippen LogP contribution in [0, 0.1) is 0 Å². The van der Waals surface area contributed by atoms with Gasteiger partial charge in [0.05, 0.1) is 11.1 Å². The molecule has 0 saturated carbocycles. The van der Waals surface area contributed by atoms with Gasteiger partial charge in [-0.1, -0.05) is 53.2 Å². The number of aromatic nitrogens is 4. The van der Waals surface area contributed by atoms with Gasteiger partial charge in [-0.15, -0.1) is 5.10 Å². The number of anilines is 1. The minimum absolute atomic E-state index is 0.274. The maximum atomic E-state index is 13.2. The molecule has 1 N–H and O–H groups in total. The smallest absolute Gasteiger partial charge is 0.365 e. The van der Waals surface area contributed by atoms with Crippen LogP contribution in [0.3, 0.4) is 0 Å². The van der Waals surface area contributed by atoms with E-state index in [1.807, 2.05) is 36.4 Å². The zero-order valence-electron chi connectivity index (χ0n) is 16.4. The van der Waals surface area contributed by atoms with Gasteiger partial charge in [0.15, 0.2) is 5.65 Å². The molecule has 5 nitrogen and oxygen atoms in total. The molecule has 3 aromatic carbocycles. The Morgan fingerprint density at radius 3 is 2.50 bits per heavy atom. The predicted octanol–water partition coefficient (Wildman–Crippen LogP) is 6.23. The van der Waals surface area contributed by atoms with Crippen molar-refractivity contribution < 1.29 is 13.2 Å². The quantitative estimate of drug-likeness (QED) is 0.350. The molecule has 0 bridgehead atoms. The highest BCUT2D eigenvalue weighted by molar-refractivity contribution is 6.30. The molecular weight excluding hydrogens is 439 g/mol. The molecule has 0 atom stereocenters. The molecule has 0 unspecified atom stereocenters. The first kappa shape index (κ1) is 20.3. The standard InChI is InChI=1S/C23H15ClF3N5/c24-17-10-8-14(9-11-17)13-28-21-18-6-1-2-7-19(18)32-22(29-21)20(30-31-32)15-4-3-5-16(12-15)23(25,26)27/h1-12H,13H2,(H,28,29). The number of hydrogen-bond donors (Lipinski definition) is 1. The topological polar surface area (TPSA) is 55.1 Å². The molecule has 0 aliphatic rings. The first-order chi connectivity index (χ1) is 15.4. The Morgan fingerprint density at radius 1 is 0.938 bits per heavy atom. The molecule has 0 fully saturated rings. The van der Waals surface area contributed by atoms with E-state index in [1.165, 1.54) is 6.07 Å². The third kappa shape index (κ3) is 3.73. The molecule has 5 rings (SSSR count). The Morgan fingerprint density at radius 2 is 1.72 bits per heavy atom. The van der Waals surface area contributed by atoms with Crippen molar-refractivity contribution in [1.82, 2.24) is 19.8 Å². The number of nitrogens with one attached hydrogen (secondary N) is 1. The zero-order valence-corrected chi connectivity index (χ0v) is 17.2. The Kier molecular flexibility index (Phi) is 4.94. The second kappa shape index (κ2) is 7.80.